The van der Waals surface area contributed by atoms with Gasteiger partial charge in [0, 0.05) is 12.0 Å². The van der Waals surface area contributed by atoms with E-state index in [4.69, 9.17) is 16.3 Å². The molecule has 0 fully saturated rings. The summed E-state index contributed by atoms with van der Waals surface area (Å²) in [5, 5.41) is 0.703. The largest absolute Gasteiger partial charge is 0.495 e. The Morgan fingerprint density at radius 2 is 2.25 bits per heavy atom. The number of fused-ring (bicyclic) bond motifs is 1. The summed E-state index contributed by atoms with van der Waals surface area (Å²) in [6.07, 6.45) is 3.62. The summed E-state index contributed by atoms with van der Waals surface area (Å²) in [5.41, 5.74) is 3.40. The third-order valence-corrected chi connectivity index (χ3v) is 3.41. The zero-order chi connectivity index (χ0) is 11.7. The second kappa shape index (κ2) is 4.46. The topological polar surface area (TPSA) is 26.3 Å². The van der Waals surface area contributed by atoms with E-state index in [1.807, 2.05) is 0 Å². The van der Waals surface area contributed by atoms with Gasteiger partial charge in [0.25, 0.3) is 0 Å². The number of rotatable bonds is 3. The number of benzene rings is 1. The van der Waals surface area contributed by atoms with Gasteiger partial charge in [-0.2, -0.15) is 0 Å². The average molecular weight is 239 g/mol. The molecule has 0 atom stereocenters. The molecule has 3 heteroatoms. The average Bonchev–Trinajstić information content (AvgIpc) is 2.65. The second-order valence-corrected chi connectivity index (χ2v) is 4.63. The first-order chi connectivity index (χ1) is 7.63. The number of hydrogen-bond donors (Lipinski definition) is 0. The number of halogens is 1. The number of ketones is 1. The summed E-state index contributed by atoms with van der Waals surface area (Å²) in [5.74, 6) is 0.810. The van der Waals surface area contributed by atoms with E-state index in [1.54, 1.807) is 14.0 Å². The van der Waals surface area contributed by atoms with Crippen LogP contribution in [0.25, 0.3) is 0 Å². The lowest BCUT2D eigenvalue weighted by atomic mass is 10.0. The number of carbonyl (C=O) groups is 1. The van der Waals surface area contributed by atoms with E-state index >= 15 is 0 Å². The molecule has 0 aliphatic heterocycles. The van der Waals surface area contributed by atoms with Crippen LogP contribution in [0.5, 0.6) is 5.75 Å². The molecule has 0 saturated carbocycles. The minimum atomic E-state index is 0.132. The predicted molar refractivity (Wildman–Crippen MR) is 64.4 cm³/mol. The van der Waals surface area contributed by atoms with Gasteiger partial charge in [0.1, 0.15) is 11.5 Å². The first kappa shape index (κ1) is 11.5. The molecule has 1 aromatic carbocycles. The highest BCUT2D eigenvalue weighted by Crippen LogP contribution is 2.39. The SMILES string of the molecule is COc1c(CC(C)=O)cc2c(c1Cl)CCC2. The monoisotopic (exact) mass is 238 g/mol. The fraction of sp³-hybridized carbons (Fsp3) is 0.462. The van der Waals surface area contributed by atoms with Gasteiger partial charge in [-0.15, -0.1) is 0 Å². The van der Waals surface area contributed by atoms with Crippen molar-refractivity contribution in [1.29, 1.82) is 0 Å². The molecule has 0 radical (unpaired) electrons. The summed E-state index contributed by atoms with van der Waals surface area (Å²) in [6.45, 7) is 1.58. The fourth-order valence-corrected chi connectivity index (χ4v) is 2.77. The van der Waals surface area contributed by atoms with Crippen molar-refractivity contribution in [2.75, 3.05) is 7.11 Å². The van der Waals surface area contributed by atoms with Crippen molar-refractivity contribution in [3.8, 4) is 5.75 Å². The Bertz CT molecular complexity index is 438. The van der Waals surface area contributed by atoms with Crippen LogP contribution >= 0.6 is 11.6 Å². The number of Topliss-reactive ketones (excluding diaryl/α,β-unsaturated/α-hetero) is 1. The van der Waals surface area contributed by atoms with Gasteiger partial charge in [-0.3, -0.25) is 4.79 Å². The van der Waals surface area contributed by atoms with Crippen LogP contribution in [-0.2, 0) is 24.1 Å². The maximum atomic E-state index is 11.2. The van der Waals surface area contributed by atoms with Gasteiger partial charge < -0.3 is 4.74 Å². The molecule has 16 heavy (non-hydrogen) atoms. The van der Waals surface area contributed by atoms with E-state index in [0.717, 1.165) is 24.8 Å². The molecule has 0 unspecified atom stereocenters. The van der Waals surface area contributed by atoms with Crippen LogP contribution in [0.4, 0.5) is 0 Å². The predicted octanol–water partition coefficient (Wildman–Crippen LogP) is 2.97. The van der Waals surface area contributed by atoms with Gasteiger partial charge in [-0.05, 0) is 37.3 Å². The first-order valence-electron chi connectivity index (χ1n) is 5.50. The molecule has 2 rings (SSSR count). The normalized spacial score (nSPS) is 13.7. The van der Waals surface area contributed by atoms with Crippen LogP contribution < -0.4 is 4.74 Å². The first-order valence-corrected chi connectivity index (χ1v) is 5.88. The maximum absolute atomic E-state index is 11.2. The molecule has 0 heterocycles. The lowest BCUT2D eigenvalue weighted by Crippen LogP contribution is -2.02. The van der Waals surface area contributed by atoms with Crippen molar-refractivity contribution in [2.24, 2.45) is 0 Å². The zero-order valence-corrected chi connectivity index (χ0v) is 10.4. The molecule has 0 amide bonds. The van der Waals surface area contributed by atoms with Crippen molar-refractivity contribution in [2.45, 2.75) is 32.6 Å². The van der Waals surface area contributed by atoms with Crippen LogP contribution in [0.3, 0.4) is 0 Å². The highest BCUT2D eigenvalue weighted by molar-refractivity contribution is 6.33. The molecular weight excluding hydrogens is 224 g/mol. The van der Waals surface area contributed by atoms with Crippen LogP contribution in [0.15, 0.2) is 6.07 Å². The molecule has 0 spiro atoms. The van der Waals surface area contributed by atoms with Gasteiger partial charge >= 0.3 is 0 Å². The summed E-state index contributed by atoms with van der Waals surface area (Å²) < 4.78 is 5.32. The van der Waals surface area contributed by atoms with Crippen molar-refractivity contribution in [3.63, 3.8) is 0 Å². The molecule has 86 valence electrons. The highest BCUT2D eigenvalue weighted by Gasteiger charge is 2.21. The van der Waals surface area contributed by atoms with Crippen molar-refractivity contribution < 1.29 is 9.53 Å². The molecule has 1 aliphatic carbocycles. The number of carbonyl (C=O) groups excluding carboxylic acids is 1. The molecule has 0 bridgehead atoms. The Morgan fingerprint density at radius 3 is 2.88 bits per heavy atom. The van der Waals surface area contributed by atoms with Crippen molar-refractivity contribution in [3.05, 3.63) is 27.8 Å². The van der Waals surface area contributed by atoms with Crippen LogP contribution in [0.1, 0.15) is 30.0 Å². The molecule has 0 aromatic heterocycles. The van der Waals surface area contributed by atoms with E-state index in [2.05, 4.69) is 6.07 Å². The van der Waals surface area contributed by atoms with Crippen LogP contribution in [0, 0.1) is 0 Å². The molecule has 0 N–H and O–H groups in total. The van der Waals surface area contributed by atoms with Crippen LogP contribution in [0.2, 0.25) is 5.02 Å². The highest BCUT2D eigenvalue weighted by atomic mass is 35.5. The summed E-state index contributed by atoms with van der Waals surface area (Å²) in [6, 6.07) is 2.08. The summed E-state index contributed by atoms with van der Waals surface area (Å²) in [4.78, 5) is 11.2. The third-order valence-electron chi connectivity index (χ3n) is 3.01. The van der Waals surface area contributed by atoms with E-state index in [0.29, 0.717) is 17.2 Å². The van der Waals surface area contributed by atoms with Gasteiger partial charge in [0.2, 0.25) is 0 Å². The third kappa shape index (κ3) is 1.94. The maximum Gasteiger partial charge on any atom is 0.141 e. The minimum absolute atomic E-state index is 0.132. The Kier molecular flexibility index (Phi) is 3.20. The fourth-order valence-electron chi connectivity index (χ4n) is 2.35. The van der Waals surface area contributed by atoms with E-state index < -0.39 is 0 Å². The molecule has 0 saturated heterocycles. The van der Waals surface area contributed by atoms with E-state index in [-0.39, 0.29) is 5.78 Å². The summed E-state index contributed by atoms with van der Waals surface area (Å²) >= 11 is 6.31. The molecule has 2 nitrogen and oxygen atoms in total. The number of methoxy groups -OCH3 is 1. The Labute approximate surface area is 101 Å². The summed E-state index contributed by atoms with van der Waals surface area (Å²) in [7, 11) is 1.60. The lowest BCUT2D eigenvalue weighted by molar-refractivity contribution is -0.116. The number of aryl methyl sites for hydroxylation is 1. The molecule has 1 aliphatic rings. The van der Waals surface area contributed by atoms with E-state index in [9.17, 15) is 4.79 Å². The molecule has 1 aromatic rings. The minimum Gasteiger partial charge on any atom is -0.495 e. The Hall–Kier alpha value is -1.02. The van der Waals surface area contributed by atoms with Gasteiger partial charge in [0.15, 0.2) is 0 Å². The quantitative estimate of drug-likeness (QED) is 0.809. The molecular formula is C13H15ClO2. The van der Waals surface area contributed by atoms with Gasteiger partial charge in [-0.1, -0.05) is 17.7 Å². The van der Waals surface area contributed by atoms with E-state index in [1.165, 1.54) is 11.1 Å². The lowest BCUT2D eigenvalue weighted by Gasteiger charge is -2.13. The number of hydrogen-bond acceptors (Lipinski definition) is 2. The standard InChI is InChI=1S/C13H15ClO2/c1-8(15)6-10-7-9-4-3-5-11(9)12(14)13(10)16-2/h7H,3-6H2,1-2H3. The second-order valence-electron chi connectivity index (χ2n) is 4.25. The van der Waals surface area contributed by atoms with Gasteiger partial charge in [-0.25, -0.2) is 0 Å². The van der Waals surface area contributed by atoms with Crippen molar-refractivity contribution >= 4 is 17.4 Å². The number of ether oxygens (including phenoxy) is 1. The van der Waals surface area contributed by atoms with Crippen molar-refractivity contribution in [1.82, 2.24) is 0 Å². The smallest absolute Gasteiger partial charge is 0.141 e. The Balaban J connectivity index is 2.52. The van der Waals surface area contributed by atoms with Crippen LogP contribution in [-0.4, -0.2) is 12.9 Å². The van der Waals surface area contributed by atoms with Gasteiger partial charge in [0.05, 0.1) is 12.1 Å². The zero-order valence-electron chi connectivity index (χ0n) is 9.60. The Morgan fingerprint density at radius 1 is 1.50 bits per heavy atom.